The number of methoxy groups -OCH3 is 1. The SMILES string of the molecule is CNc1cnc(N2CCCC(C(=O)OC)C2)c2ccccc12. The molecule has 1 saturated heterocycles. The third-order valence-corrected chi connectivity index (χ3v) is 4.30. The van der Waals surface area contributed by atoms with Gasteiger partial charge in [-0.05, 0) is 12.8 Å². The van der Waals surface area contributed by atoms with E-state index < -0.39 is 0 Å². The van der Waals surface area contributed by atoms with E-state index in [1.807, 2.05) is 25.4 Å². The lowest BCUT2D eigenvalue weighted by Crippen LogP contribution is -2.39. The van der Waals surface area contributed by atoms with Gasteiger partial charge in [0.05, 0.1) is 24.9 Å². The fourth-order valence-electron chi connectivity index (χ4n) is 3.16. The van der Waals surface area contributed by atoms with E-state index in [9.17, 15) is 4.79 Å². The molecule has 1 unspecified atom stereocenters. The van der Waals surface area contributed by atoms with Crippen molar-refractivity contribution in [2.75, 3.05) is 37.5 Å². The summed E-state index contributed by atoms with van der Waals surface area (Å²) in [4.78, 5) is 18.7. The number of aromatic nitrogens is 1. The smallest absolute Gasteiger partial charge is 0.310 e. The molecule has 1 aromatic carbocycles. The van der Waals surface area contributed by atoms with Crippen LogP contribution in [0.3, 0.4) is 0 Å². The summed E-state index contributed by atoms with van der Waals surface area (Å²) in [6.07, 6.45) is 3.72. The first-order chi connectivity index (χ1) is 10.7. The molecule has 1 N–H and O–H groups in total. The third kappa shape index (κ3) is 2.58. The maximum atomic E-state index is 11.8. The number of esters is 1. The first-order valence-electron chi connectivity index (χ1n) is 7.63. The molecule has 1 aliphatic rings. The molecule has 3 rings (SSSR count). The Morgan fingerprint density at radius 3 is 2.86 bits per heavy atom. The molecule has 1 aliphatic heterocycles. The number of benzene rings is 1. The van der Waals surface area contributed by atoms with E-state index in [1.165, 1.54) is 7.11 Å². The average molecular weight is 299 g/mol. The van der Waals surface area contributed by atoms with Crippen molar-refractivity contribution in [2.24, 2.45) is 5.92 Å². The zero-order valence-corrected chi connectivity index (χ0v) is 13.0. The van der Waals surface area contributed by atoms with Crippen molar-refractivity contribution >= 4 is 28.2 Å². The number of piperidine rings is 1. The maximum absolute atomic E-state index is 11.8. The summed E-state index contributed by atoms with van der Waals surface area (Å²) in [6, 6.07) is 8.23. The van der Waals surface area contributed by atoms with Gasteiger partial charge in [0, 0.05) is 30.9 Å². The normalized spacial score (nSPS) is 18.3. The third-order valence-electron chi connectivity index (χ3n) is 4.30. The largest absolute Gasteiger partial charge is 0.469 e. The van der Waals surface area contributed by atoms with Crippen LogP contribution in [-0.2, 0) is 9.53 Å². The molecule has 0 amide bonds. The molecule has 5 nitrogen and oxygen atoms in total. The predicted octanol–water partition coefficient (Wildman–Crippen LogP) is 2.67. The number of anilines is 2. The van der Waals surface area contributed by atoms with Crippen molar-refractivity contribution in [3.05, 3.63) is 30.5 Å². The Morgan fingerprint density at radius 1 is 1.36 bits per heavy atom. The molecule has 116 valence electrons. The van der Waals surface area contributed by atoms with E-state index in [1.54, 1.807) is 0 Å². The maximum Gasteiger partial charge on any atom is 0.310 e. The first kappa shape index (κ1) is 14.6. The molecule has 0 radical (unpaired) electrons. The molecule has 5 heteroatoms. The second kappa shape index (κ2) is 6.22. The van der Waals surface area contributed by atoms with Gasteiger partial charge in [0.1, 0.15) is 5.82 Å². The number of nitrogens with one attached hydrogen (secondary N) is 1. The second-order valence-electron chi connectivity index (χ2n) is 5.60. The van der Waals surface area contributed by atoms with Gasteiger partial charge < -0.3 is 15.0 Å². The van der Waals surface area contributed by atoms with E-state index in [0.717, 1.165) is 41.7 Å². The summed E-state index contributed by atoms with van der Waals surface area (Å²) in [5, 5.41) is 5.44. The van der Waals surface area contributed by atoms with Crippen LogP contribution in [0.15, 0.2) is 30.5 Å². The van der Waals surface area contributed by atoms with Gasteiger partial charge in [-0.15, -0.1) is 0 Å². The highest BCUT2D eigenvalue weighted by atomic mass is 16.5. The van der Waals surface area contributed by atoms with Crippen LogP contribution < -0.4 is 10.2 Å². The van der Waals surface area contributed by atoms with E-state index in [4.69, 9.17) is 4.74 Å². The van der Waals surface area contributed by atoms with Crippen molar-refractivity contribution < 1.29 is 9.53 Å². The molecule has 1 aromatic heterocycles. The molecule has 0 saturated carbocycles. The van der Waals surface area contributed by atoms with Crippen LogP contribution in [0.2, 0.25) is 0 Å². The van der Waals surface area contributed by atoms with Crippen LogP contribution in [-0.4, -0.2) is 38.2 Å². The van der Waals surface area contributed by atoms with Gasteiger partial charge in [-0.3, -0.25) is 4.79 Å². The van der Waals surface area contributed by atoms with Gasteiger partial charge in [-0.2, -0.15) is 0 Å². The summed E-state index contributed by atoms with van der Waals surface area (Å²) >= 11 is 0. The monoisotopic (exact) mass is 299 g/mol. The molecule has 2 aromatic rings. The number of rotatable bonds is 3. The summed E-state index contributed by atoms with van der Waals surface area (Å²) < 4.78 is 4.90. The second-order valence-corrected chi connectivity index (χ2v) is 5.60. The van der Waals surface area contributed by atoms with Crippen LogP contribution in [0, 0.1) is 5.92 Å². The zero-order valence-electron chi connectivity index (χ0n) is 13.0. The van der Waals surface area contributed by atoms with Crippen LogP contribution >= 0.6 is 0 Å². The van der Waals surface area contributed by atoms with Gasteiger partial charge in [0.25, 0.3) is 0 Å². The Hall–Kier alpha value is -2.30. The van der Waals surface area contributed by atoms with Crippen molar-refractivity contribution in [1.82, 2.24) is 4.98 Å². The number of carbonyl (C=O) groups is 1. The number of hydrogen-bond acceptors (Lipinski definition) is 5. The highest BCUT2D eigenvalue weighted by Crippen LogP contribution is 2.32. The summed E-state index contributed by atoms with van der Waals surface area (Å²) in [5.41, 5.74) is 1.01. The number of fused-ring (bicyclic) bond motifs is 1. The van der Waals surface area contributed by atoms with E-state index in [-0.39, 0.29) is 11.9 Å². The molecule has 1 atom stereocenters. The number of nitrogens with zero attached hydrogens (tertiary/aromatic N) is 2. The van der Waals surface area contributed by atoms with Crippen LogP contribution in [0.4, 0.5) is 11.5 Å². The van der Waals surface area contributed by atoms with E-state index >= 15 is 0 Å². The fraction of sp³-hybridized carbons (Fsp3) is 0.412. The Labute approximate surface area is 130 Å². The van der Waals surface area contributed by atoms with E-state index in [2.05, 4.69) is 27.3 Å². The summed E-state index contributed by atoms with van der Waals surface area (Å²) in [5.74, 6) is 0.757. The summed E-state index contributed by atoms with van der Waals surface area (Å²) in [7, 11) is 3.36. The first-order valence-corrected chi connectivity index (χ1v) is 7.63. The van der Waals surface area contributed by atoms with Crippen LogP contribution in [0.25, 0.3) is 10.8 Å². The Kier molecular flexibility index (Phi) is 4.13. The summed E-state index contributed by atoms with van der Waals surface area (Å²) in [6.45, 7) is 1.59. The molecule has 22 heavy (non-hydrogen) atoms. The lowest BCUT2D eigenvalue weighted by molar-refractivity contribution is -0.145. The average Bonchev–Trinajstić information content (AvgIpc) is 2.60. The van der Waals surface area contributed by atoms with Gasteiger partial charge in [0.2, 0.25) is 0 Å². The fourth-order valence-corrected chi connectivity index (χ4v) is 3.16. The number of pyridine rings is 1. The molecule has 0 aliphatic carbocycles. The standard InChI is InChI=1S/C17H21N3O2/c1-18-15-10-19-16(14-8-4-3-7-13(14)15)20-9-5-6-12(11-20)17(21)22-2/h3-4,7-8,10,12,18H,5-6,9,11H2,1-2H3. The molecular formula is C17H21N3O2. The highest BCUT2D eigenvalue weighted by Gasteiger charge is 2.28. The van der Waals surface area contributed by atoms with Gasteiger partial charge in [-0.1, -0.05) is 24.3 Å². The van der Waals surface area contributed by atoms with Crippen molar-refractivity contribution in [2.45, 2.75) is 12.8 Å². The van der Waals surface area contributed by atoms with Crippen molar-refractivity contribution in [3.8, 4) is 0 Å². The van der Waals surface area contributed by atoms with Crippen molar-refractivity contribution in [3.63, 3.8) is 0 Å². The predicted molar refractivity (Wildman–Crippen MR) is 88.2 cm³/mol. The lowest BCUT2D eigenvalue weighted by Gasteiger charge is -2.33. The van der Waals surface area contributed by atoms with Crippen LogP contribution in [0.5, 0.6) is 0 Å². The highest BCUT2D eigenvalue weighted by molar-refractivity contribution is 6.00. The lowest BCUT2D eigenvalue weighted by atomic mass is 9.97. The van der Waals surface area contributed by atoms with Gasteiger partial charge in [0.15, 0.2) is 0 Å². The topological polar surface area (TPSA) is 54.5 Å². The molecule has 2 heterocycles. The molecule has 1 fully saturated rings. The van der Waals surface area contributed by atoms with Crippen LogP contribution in [0.1, 0.15) is 12.8 Å². The van der Waals surface area contributed by atoms with Gasteiger partial charge in [-0.25, -0.2) is 4.98 Å². The molecule has 0 bridgehead atoms. The molecule has 0 spiro atoms. The van der Waals surface area contributed by atoms with Crippen molar-refractivity contribution in [1.29, 1.82) is 0 Å². The van der Waals surface area contributed by atoms with Gasteiger partial charge >= 0.3 is 5.97 Å². The van der Waals surface area contributed by atoms with E-state index in [0.29, 0.717) is 6.54 Å². The number of hydrogen-bond donors (Lipinski definition) is 1. The Balaban J connectivity index is 1.98. The Bertz CT molecular complexity index is 687. The zero-order chi connectivity index (χ0) is 15.5. The quantitative estimate of drug-likeness (QED) is 0.883. The number of carbonyl (C=O) groups excluding carboxylic acids is 1. The minimum absolute atomic E-state index is 0.0664. The minimum atomic E-state index is -0.124. The molecular weight excluding hydrogens is 278 g/mol. The Morgan fingerprint density at radius 2 is 2.14 bits per heavy atom. The minimum Gasteiger partial charge on any atom is -0.469 e. The number of ether oxygens (including phenoxy) is 1.